The van der Waals surface area contributed by atoms with Crippen molar-refractivity contribution in [3.63, 3.8) is 0 Å². The van der Waals surface area contributed by atoms with Crippen LogP contribution < -0.4 is 20.1 Å². The summed E-state index contributed by atoms with van der Waals surface area (Å²) in [6, 6.07) is 10.6. The molecule has 1 saturated heterocycles. The minimum absolute atomic E-state index is 0.0000369. The first kappa shape index (κ1) is 19.4. The molecule has 0 bridgehead atoms. The molecule has 3 rings (SSSR count). The molecule has 1 fully saturated rings. The molecule has 1 N–H and O–H groups in total. The van der Waals surface area contributed by atoms with E-state index in [1.54, 1.807) is 37.3 Å². The molecule has 0 saturated carbocycles. The Morgan fingerprint density at radius 1 is 1.25 bits per heavy atom. The van der Waals surface area contributed by atoms with Crippen LogP contribution in [0.5, 0.6) is 5.75 Å². The van der Waals surface area contributed by atoms with Gasteiger partial charge in [0.1, 0.15) is 11.8 Å². The normalized spacial score (nSPS) is 16.4. The second-order valence-electron chi connectivity index (χ2n) is 6.60. The number of para-hydroxylation sites is 2. The molecule has 2 amide bonds. The van der Waals surface area contributed by atoms with Crippen LogP contribution in [0, 0.1) is 6.92 Å². The van der Waals surface area contributed by atoms with Gasteiger partial charge in [-0.05, 0) is 42.7 Å². The molecule has 0 spiro atoms. The van der Waals surface area contributed by atoms with Crippen molar-refractivity contribution in [3.8, 4) is 5.75 Å². The van der Waals surface area contributed by atoms with Gasteiger partial charge in [0.15, 0.2) is 0 Å². The van der Waals surface area contributed by atoms with E-state index in [1.807, 2.05) is 6.92 Å². The van der Waals surface area contributed by atoms with Gasteiger partial charge < -0.3 is 20.0 Å². The van der Waals surface area contributed by atoms with E-state index < -0.39 is 17.9 Å². The molecule has 7 nitrogen and oxygen atoms in total. The van der Waals surface area contributed by atoms with Crippen LogP contribution in [0.4, 0.5) is 11.4 Å². The van der Waals surface area contributed by atoms with Gasteiger partial charge in [0, 0.05) is 5.69 Å². The van der Waals surface area contributed by atoms with Gasteiger partial charge in [0.05, 0.1) is 24.7 Å². The number of nitrogens with zero attached hydrogens (tertiary/aromatic N) is 1. The Kier molecular flexibility index (Phi) is 5.63. The van der Waals surface area contributed by atoms with E-state index in [0.717, 1.165) is 16.9 Å². The molecule has 2 aromatic carbocycles. The van der Waals surface area contributed by atoms with Crippen LogP contribution in [0.3, 0.4) is 0 Å². The second kappa shape index (κ2) is 8.12. The zero-order chi connectivity index (χ0) is 20.3. The molecule has 7 heteroatoms. The molecular formula is C21H21N2O5-. The number of benzene rings is 2. The van der Waals surface area contributed by atoms with Crippen LogP contribution in [0.2, 0.25) is 0 Å². The molecule has 1 heterocycles. The van der Waals surface area contributed by atoms with Crippen LogP contribution in [0.15, 0.2) is 42.5 Å². The fourth-order valence-corrected chi connectivity index (χ4v) is 3.07. The number of carboxylic acid groups (broad SMARTS) is 1. The highest BCUT2D eigenvalue weighted by molar-refractivity contribution is 6.23. The fourth-order valence-electron chi connectivity index (χ4n) is 3.07. The number of amides is 2. The van der Waals surface area contributed by atoms with E-state index in [0.29, 0.717) is 23.7 Å². The van der Waals surface area contributed by atoms with E-state index in [-0.39, 0.29) is 17.9 Å². The minimum atomic E-state index is -1.31. The maximum Gasteiger partial charge on any atom is 0.256 e. The van der Waals surface area contributed by atoms with Crippen molar-refractivity contribution in [3.05, 3.63) is 53.6 Å². The minimum Gasteiger partial charge on any atom is -0.545 e. The lowest BCUT2D eigenvalue weighted by atomic mass is 10.1. The van der Waals surface area contributed by atoms with Gasteiger partial charge in [-0.15, -0.1) is 0 Å². The van der Waals surface area contributed by atoms with Crippen LogP contribution >= 0.6 is 0 Å². The van der Waals surface area contributed by atoms with Gasteiger partial charge in [-0.3, -0.25) is 9.59 Å². The third-order valence-electron chi connectivity index (χ3n) is 4.52. The summed E-state index contributed by atoms with van der Waals surface area (Å²) in [5.74, 6) is -1.58. The van der Waals surface area contributed by atoms with E-state index in [1.165, 1.54) is 12.1 Å². The second-order valence-corrected chi connectivity index (χ2v) is 6.60. The summed E-state index contributed by atoms with van der Waals surface area (Å²) in [4.78, 5) is 37.7. The monoisotopic (exact) mass is 381 g/mol. The molecule has 0 radical (unpaired) electrons. The van der Waals surface area contributed by atoms with Crippen molar-refractivity contribution >= 4 is 29.2 Å². The van der Waals surface area contributed by atoms with Gasteiger partial charge in [-0.2, -0.15) is 0 Å². The Morgan fingerprint density at radius 2 is 2.00 bits per heavy atom. The summed E-state index contributed by atoms with van der Waals surface area (Å²) >= 11 is 0. The Hall–Kier alpha value is -3.35. The third-order valence-corrected chi connectivity index (χ3v) is 4.52. The van der Waals surface area contributed by atoms with Crippen LogP contribution in [0.25, 0.3) is 0 Å². The van der Waals surface area contributed by atoms with Crippen molar-refractivity contribution in [1.29, 1.82) is 0 Å². The standard InChI is InChI=1S/C21H22N2O5/c1-3-10-28-18-7-5-4-6-17(18)23-19(24)12-16(20(23)25)22-15-11-14(21(26)27)9-8-13(15)2/h4-9,11,16,22H,3,10,12H2,1-2H3,(H,26,27)/p-1/t16-/m0/s1. The highest BCUT2D eigenvalue weighted by Gasteiger charge is 2.40. The number of anilines is 2. The number of hydrogen-bond acceptors (Lipinski definition) is 6. The van der Waals surface area contributed by atoms with Gasteiger partial charge in [-0.25, -0.2) is 4.90 Å². The number of hydrogen-bond donors (Lipinski definition) is 1. The molecule has 1 aliphatic rings. The van der Waals surface area contributed by atoms with E-state index in [2.05, 4.69) is 5.32 Å². The van der Waals surface area contributed by atoms with Crippen molar-refractivity contribution in [2.75, 3.05) is 16.8 Å². The topological polar surface area (TPSA) is 98.8 Å². The summed E-state index contributed by atoms with van der Waals surface area (Å²) < 4.78 is 5.67. The highest BCUT2D eigenvalue weighted by Crippen LogP contribution is 2.33. The van der Waals surface area contributed by atoms with Crippen molar-refractivity contribution in [2.45, 2.75) is 32.7 Å². The summed E-state index contributed by atoms with van der Waals surface area (Å²) in [7, 11) is 0. The number of aryl methyl sites for hydroxylation is 1. The zero-order valence-electron chi connectivity index (χ0n) is 15.7. The summed E-state index contributed by atoms with van der Waals surface area (Å²) in [6.45, 7) is 4.23. The molecule has 28 heavy (non-hydrogen) atoms. The molecule has 0 aliphatic carbocycles. The lowest BCUT2D eigenvalue weighted by molar-refractivity contribution is -0.255. The molecule has 146 valence electrons. The Bertz CT molecular complexity index is 925. The summed E-state index contributed by atoms with van der Waals surface area (Å²) in [5, 5.41) is 14.1. The quantitative estimate of drug-likeness (QED) is 0.736. The number of imide groups is 1. The molecule has 2 aromatic rings. The van der Waals surface area contributed by atoms with Crippen molar-refractivity contribution in [2.24, 2.45) is 0 Å². The number of nitrogens with one attached hydrogen (secondary N) is 1. The Morgan fingerprint density at radius 3 is 2.71 bits per heavy atom. The molecule has 1 atom stereocenters. The maximum atomic E-state index is 12.9. The lowest BCUT2D eigenvalue weighted by Gasteiger charge is -2.20. The third kappa shape index (κ3) is 3.83. The number of carboxylic acids is 1. The molecule has 1 aliphatic heterocycles. The number of carbonyl (C=O) groups is 3. The Balaban J connectivity index is 1.85. The van der Waals surface area contributed by atoms with Gasteiger partial charge >= 0.3 is 0 Å². The SMILES string of the molecule is CCCOc1ccccc1N1C(=O)C[C@H](Nc2cc(C(=O)[O-])ccc2C)C1=O. The average molecular weight is 381 g/mol. The predicted molar refractivity (Wildman–Crippen MR) is 102 cm³/mol. The zero-order valence-corrected chi connectivity index (χ0v) is 15.7. The van der Waals surface area contributed by atoms with Crippen LogP contribution in [-0.4, -0.2) is 30.4 Å². The van der Waals surface area contributed by atoms with Gasteiger partial charge in [-0.1, -0.05) is 31.2 Å². The van der Waals surface area contributed by atoms with E-state index in [9.17, 15) is 19.5 Å². The number of aromatic carboxylic acids is 1. The first-order valence-electron chi connectivity index (χ1n) is 9.09. The Labute approximate surface area is 162 Å². The van der Waals surface area contributed by atoms with Crippen molar-refractivity contribution in [1.82, 2.24) is 0 Å². The first-order valence-corrected chi connectivity index (χ1v) is 9.09. The summed E-state index contributed by atoms with van der Waals surface area (Å²) in [6.07, 6.45) is 0.768. The smallest absolute Gasteiger partial charge is 0.256 e. The van der Waals surface area contributed by atoms with Gasteiger partial charge in [0.25, 0.3) is 5.91 Å². The van der Waals surface area contributed by atoms with E-state index in [4.69, 9.17) is 4.74 Å². The van der Waals surface area contributed by atoms with Crippen LogP contribution in [-0.2, 0) is 9.59 Å². The number of rotatable bonds is 7. The molecule has 0 aromatic heterocycles. The highest BCUT2D eigenvalue weighted by atomic mass is 16.5. The predicted octanol–water partition coefficient (Wildman–Crippen LogP) is 1.89. The van der Waals surface area contributed by atoms with E-state index >= 15 is 0 Å². The molecular weight excluding hydrogens is 360 g/mol. The number of carbonyl (C=O) groups excluding carboxylic acids is 3. The maximum absolute atomic E-state index is 12.9. The first-order chi connectivity index (χ1) is 13.4. The van der Waals surface area contributed by atoms with Gasteiger partial charge in [0.2, 0.25) is 5.91 Å². The van der Waals surface area contributed by atoms with Crippen LogP contribution in [0.1, 0.15) is 35.7 Å². The molecule has 0 unspecified atom stereocenters. The lowest BCUT2D eigenvalue weighted by Crippen LogP contribution is -2.35. The number of ether oxygens (including phenoxy) is 1. The largest absolute Gasteiger partial charge is 0.545 e. The fraction of sp³-hybridized carbons (Fsp3) is 0.286. The van der Waals surface area contributed by atoms with Crippen molar-refractivity contribution < 1.29 is 24.2 Å². The average Bonchev–Trinajstić information content (AvgIpc) is 2.95. The summed E-state index contributed by atoms with van der Waals surface area (Å²) in [5.41, 5.74) is 1.65.